The molecule has 0 unspecified atom stereocenters. The van der Waals surface area contributed by atoms with Crippen LogP contribution in [0.25, 0.3) is 6.08 Å². The smallest absolute Gasteiger partial charge is 0.328 e. The highest BCUT2D eigenvalue weighted by Crippen LogP contribution is 1.95. The van der Waals surface area contributed by atoms with Gasteiger partial charge in [-0.1, -0.05) is 6.07 Å². The summed E-state index contributed by atoms with van der Waals surface area (Å²) in [6, 6.07) is 5.31. The van der Waals surface area contributed by atoms with Gasteiger partial charge in [0.15, 0.2) is 0 Å². The van der Waals surface area contributed by atoms with Crippen molar-refractivity contribution in [3.8, 4) is 0 Å². The second-order valence-corrected chi connectivity index (χ2v) is 1.93. The number of carbonyl (C=O) groups is 1. The van der Waals surface area contributed by atoms with Crippen LogP contribution in [0, 0.1) is 0 Å². The SMILES string of the molecule is O=C(O)/C=C/c1ccccn1. The Morgan fingerprint density at radius 2 is 2.36 bits per heavy atom. The minimum Gasteiger partial charge on any atom is -0.478 e. The number of pyridine rings is 1. The molecule has 1 aromatic rings. The number of aromatic nitrogens is 1. The molecule has 56 valence electrons. The van der Waals surface area contributed by atoms with Gasteiger partial charge in [-0.2, -0.15) is 0 Å². The van der Waals surface area contributed by atoms with Crippen LogP contribution >= 0.6 is 0 Å². The molecule has 0 aliphatic heterocycles. The molecule has 0 spiro atoms. The molecule has 0 saturated carbocycles. The highest BCUT2D eigenvalue weighted by molar-refractivity contribution is 5.84. The Kier molecular flexibility index (Phi) is 2.38. The molecule has 0 aliphatic rings. The molecule has 0 bridgehead atoms. The number of hydrogen-bond acceptors (Lipinski definition) is 2. The van der Waals surface area contributed by atoms with E-state index < -0.39 is 5.97 Å². The summed E-state index contributed by atoms with van der Waals surface area (Å²) in [5, 5.41) is 8.26. The Morgan fingerprint density at radius 3 is 2.91 bits per heavy atom. The lowest BCUT2D eigenvalue weighted by molar-refractivity contribution is -0.131. The Bertz CT molecular complexity index is 267. The fourth-order valence-corrected chi connectivity index (χ4v) is 0.631. The first-order valence-corrected chi connectivity index (χ1v) is 3.11. The van der Waals surface area contributed by atoms with Crippen LogP contribution in [0.3, 0.4) is 0 Å². The monoisotopic (exact) mass is 149 g/mol. The van der Waals surface area contributed by atoms with Gasteiger partial charge in [0.05, 0.1) is 5.69 Å². The van der Waals surface area contributed by atoms with E-state index in [1.165, 1.54) is 6.08 Å². The van der Waals surface area contributed by atoms with Crippen LogP contribution in [-0.2, 0) is 4.79 Å². The summed E-state index contributed by atoms with van der Waals surface area (Å²) in [7, 11) is 0. The van der Waals surface area contributed by atoms with Gasteiger partial charge < -0.3 is 5.11 Å². The summed E-state index contributed by atoms with van der Waals surface area (Å²) < 4.78 is 0. The molecule has 1 aromatic heterocycles. The van der Waals surface area contributed by atoms with Gasteiger partial charge in [0.2, 0.25) is 0 Å². The fraction of sp³-hybridized carbons (Fsp3) is 0. The van der Waals surface area contributed by atoms with E-state index in [4.69, 9.17) is 5.11 Å². The minimum atomic E-state index is -0.962. The molecule has 0 radical (unpaired) electrons. The molecule has 0 amide bonds. The summed E-state index contributed by atoms with van der Waals surface area (Å²) in [6.45, 7) is 0. The third kappa shape index (κ3) is 2.62. The quantitative estimate of drug-likeness (QED) is 0.642. The lowest BCUT2D eigenvalue weighted by Crippen LogP contribution is -1.86. The number of rotatable bonds is 2. The van der Waals surface area contributed by atoms with E-state index in [1.807, 2.05) is 0 Å². The summed E-state index contributed by atoms with van der Waals surface area (Å²) >= 11 is 0. The Balaban J connectivity index is 2.72. The van der Waals surface area contributed by atoms with Crippen molar-refractivity contribution in [1.82, 2.24) is 4.98 Å². The van der Waals surface area contributed by atoms with E-state index in [2.05, 4.69) is 4.98 Å². The van der Waals surface area contributed by atoms with E-state index in [0.29, 0.717) is 5.69 Å². The van der Waals surface area contributed by atoms with Crippen molar-refractivity contribution >= 4 is 12.0 Å². The summed E-state index contributed by atoms with van der Waals surface area (Å²) in [6.07, 6.45) is 4.12. The van der Waals surface area contributed by atoms with Crippen LogP contribution in [0.2, 0.25) is 0 Å². The summed E-state index contributed by atoms with van der Waals surface area (Å²) in [5.41, 5.74) is 0.648. The highest BCUT2D eigenvalue weighted by Gasteiger charge is 1.87. The maximum Gasteiger partial charge on any atom is 0.328 e. The van der Waals surface area contributed by atoms with Gasteiger partial charge in [-0.05, 0) is 18.2 Å². The average Bonchev–Trinajstić information content (AvgIpc) is 2.03. The maximum absolute atomic E-state index is 10.1. The van der Waals surface area contributed by atoms with E-state index in [-0.39, 0.29) is 0 Å². The maximum atomic E-state index is 10.1. The zero-order valence-electron chi connectivity index (χ0n) is 5.77. The molecular formula is C8H7NO2. The number of hydrogen-bond donors (Lipinski definition) is 1. The second kappa shape index (κ2) is 3.51. The van der Waals surface area contributed by atoms with Crippen LogP contribution in [-0.4, -0.2) is 16.1 Å². The first-order chi connectivity index (χ1) is 5.29. The van der Waals surface area contributed by atoms with Crippen molar-refractivity contribution in [3.05, 3.63) is 36.2 Å². The third-order valence-corrected chi connectivity index (χ3v) is 1.08. The predicted octanol–water partition coefficient (Wildman–Crippen LogP) is 1.18. The Hall–Kier alpha value is -1.64. The van der Waals surface area contributed by atoms with E-state index in [9.17, 15) is 4.79 Å². The molecule has 0 aromatic carbocycles. The largest absolute Gasteiger partial charge is 0.478 e. The topological polar surface area (TPSA) is 50.2 Å². The molecule has 0 fully saturated rings. The molecule has 1 N–H and O–H groups in total. The number of aliphatic carboxylic acids is 1. The lowest BCUT2D eigenvalue weighted by Gasteiger charge is -1.87. The molecule has 3 heteroatoms. The molecule has 0 saturated heterocycles. The Labute approximate surface area is 64.0 Å². The molecule has 1 rings (SSSR count). The summed E-state index contributed by atoms with van der Waals surface area (Å²) in [5.74, 6) is -0.962. The minimum absolute atomic E-state index is 0.648. The van der Waals surface area contributed by atoms with E-state index in [0.717, 1.165) is 6.08 Å². The van der Waals surface area contributed by atoms with Crippen LogP contribution in [0.5, 0.6) is 0 Å². The van der Waals surface area contributed by atoms with Gasteiger partial charge in [0.25, 0.3) is 0 Å². The average molecular weight is 149 g/mol. The molecular weight excluding hydrogens is 142 g/mol. The number of carboxylic acid groups (broad SMARTS) is 1. The summed E-state index contributed by atoms with van der Waals surface area (Å²) in [4.78, 5) is 14.0. The Morgan fingerprint density at radius 1 is 1.55 bits per heavy atom. The molecule has 0 aliphatic carbocycles. The first kappa shape index (κ1) is 7.47. The van der Waals surface area contributed by atoms with Crippen LogP contribution in [0.4, 0.5) is 0 Å². The zero-order valence-corrected chi connectivity index (χ0v) is 5.77. The van der Waals surface area contributed by atoms with Crippen LogP contribution in [0.15, 0.2) is 30.5 Å². The second-order valence-electron chi connectivity index (χ2n) is 1.93. The van der Waals surface area contributed by atoms with Crippen molar-refractivity contribution in [2.45, 2.75) is 0 Å². The number of carboxylic acids is 1. The van der Waals surface area contributed by atoms with Gasteiger partial charge in [-0.25, -0.2) is 4.79 Å². The zero-order chi connectivity index (χ0) is 8.10. The van der Waals surface area contributed by atoms with Crippen molar-refractivity contribution < 1.29 is 9.90 Å². The standard InChI is InChI=1S/C8H7NO2/c10-8(11)5-4-7-3-1-2-6-9-7/h1-6H,(H,10,11)/b5-4+. The van der Waals surface area contributed by atoms with Gasteiger partial charge in [-0.15, -0.1) is 0 Å². The molecule has 3 nitrogen and oxygen atoms in total. The van der Waals surface area contributed by atoms with E-state index in [1.54, 1.807) is 24.4 Å². The predicted molar refractivity (Wildman–Crippen MR) is 40.9 cm³/mol. The normalized spacial score (nSPS) is 10.2. The molecule has 0 atom stereocenters. The van der Waals surface area contributed by atoms with E-state index >= 15 is 0 Å². The molecule has 1 heterocycles. The molecule has 11 heavy (non-hydrogen) atoms. The third-order valence-electron chi connectivity index (χ3n) is 1.08. The van der Waals surface area contributed by atoms with Crippen LogP contribution < -0.4 is 0 Å². The lowest BCUT2D eigenvalue weighted by atomic mass is 10.3. The number of nitrogens with zero attached hydrogens (tertiary/aromatic N) is 1. The first-order valence-electron chi connectivity index (χ1n) is 3.11. The van der Waals surface area contributed by atoms with Crippen molar-refractivity contribution in [1.29, 1.82) is 0 Å². The van der Waals surface area contributed by atoms with Gasteiger partial charge in [0, 0.05) is 12.3 Å². The van der Waals surface area contributed by atoms with Crippen LogP contribution in [0.1, 0.15) is 5.69 Å². The van der Waals surface area contributed by atoms with Crippen molar-refractivity contribution in [3.63, 3.8) is 0 Å². The van der Waals surface area contributed by atoms with Gasteiger partial charge >= 0.3 is 5.97 Å². The fourth-order valence-electron chi connectivity index (χ4n) is 0.631. The van der Waals surface area contributed by atoms with Gasteiger partial charge in [-0.3, -0.25) is 4.98 Å². The van der Waals surface area contributed by atoms with Crippen molar-refractivity contribution in [2.24, 2.45) is 0 Å². The van der Waals surface area contributed by atoms with Crippen molar-refractivity contribution in [2.75, 3.05) is 0 Å². The highest BCUT2D eigenvalue weighted by atomic mass is 16.4. The van der Waals surface area contributed by atoms with Gasteiger partial charge in [0.1, 0.15) is 0 Å².